The van der Waals surface area contributed by atoms with Crippen LogP contribution in [0.25, 0.3) is 0 Å². The molecule has 0 aliphatic carbocycles. The molecule has 1 aliphatic rings. The van der Waals surface area contributed by atoms with Crippen molar-refractivity contribution >= 4 is 5.84 Å². The predicted molar refractivity (Wildman–Crippen MR) is 110 cm³/mol. The van der Waals surface area contributed by atoms with Gasteiger partial charge in [-0.1, -0.05) is 96.1 Å². The molecule has 0 aromatic rings. The summed E-state index contributed by atoms with van der Waals surface area (Å²) in [7, 11) is 0. The van der Waals surface area contributed by atoms with Crippen LogP contribution in [0.2, 0.25) is 0 Å². The molecule has 0 spiro atoms. The van der Waals surface area contributed by atoms with Crippen molar-refractivity contribution in [3.8, 4) is 0 Å². The van der Waals surface area contributed by atoms with E-state index in [0.29, 0.717) is 6.42 Å². The molecule has 0 saturated heterocycles. The molecule has 0 radical (unpaired) electrons. The lowest BCUT2D eigenvalue weighted by Crippen LogP contribution is -2.21. The number of unbranched alkanes of at least 4 members (excludes halogenated alkanes) is 13. The Balaban J connectivity index is 1.80. The van der Waals surface area contributed by atoms with E-state index in [1.165, 1.54) is 89.9 Å². The maximum absolute atomic E-state index is 8.89. The second kappa shape index (κ2) is 16.6. The van der Waals surface area contributed by atoms with Crippen LogP contribution in [0.4, 0.5) is 0 Å². The van der Waals surface area contributed by atoms with Gasteiger partial charge < -0.3 is 10.4 Å². The SMILES string of the molecule is CCCCCCCCCCCCCCCC=CC1CNC(CCO)=N1. The molecule has 1 aliphatic heterocycles. The normalized spacial score (nSPS) is 17.2. The van der Waals surface area contributed by atoms with Crippen LogP contribution in [0.1, 0.15) is 103 Å². The fourth-order valence-corrected chi connectivity index (χ4v) is 3.42. The van der Waals surface area contributed by atoms with Gasteiger partial charge in [0, 0.05) is 13.0 Å². The summed E-state index contributed by atoms with van der Waals surface area (Å²) in [5.74, 6) is 0.957. The van der Waals surface area contributed by atoms with Crippen molar-refractivity contribution in [1.82, 2.24) is 5.32 Å². The van der Waals surface area contributed by atoms with Crippen molar-refractivity contribution in [2.75, 3.05) is 13.2 Å². The molecule has 0 amide bonds. The molecule has 3 nitrogen and oxygen atoms in total. The lowest BCUT2D eigenvalue weighted by atomic mass is 10.0. The van der Waals surface area contributed by atoms with Gasteiger partial charge in [0.2, 0.25) is 0 Å². The minimum Gasteiger partial charge on any atom is -0.396 e. The van der Waals surface area contributed by atoms with Crippen LogP contribution in [-0.2, 0) is 0 Å². The molecular weight excluding hydrogens is 308 g/mol. The highest BCUT2D eigenvalue weighted by Gasteiger charge is 2.12. The summed E-state index contributed by atoms with van der Waals surface area (Å²) in [5, 5.41) is 12.1. The van der Waals surface area contributed by atoms with E-state index in [2.05, 4.69) is 29.4 Å². The topological polar surface area (TPSA) is 44.6 Å². The summed E-state index contributed by atoms with van der Waals surface area (Å²) in [4.78, 5) is 4.54. The highest BCUT2D eigenvalue weighted by molar-refractivity contribution is 5.84. The third-order valence-electron chi connectivity index (χ3n) is 5.02. The number of aliphatic hydroxyl groups excluding tert-OH is 1. The zero-order valence-electron chi connectivity index (χ0n) is 16.6. The van der Waals surface area contributed by atoms with Gasteiger partial charge in [-0.2, -0.15) is 0 Å². The molecule has 0 saturated carbocycles. The van der Waals surface area contributed by atoms with E-state index in [0.717, 1.165) is 12.4 Å². The summed E-state index contributed by atoms with van der Waals surface area (Å²) in [6.07, 6.45) is 24.7. The maximum atomic E-state index is 8.89. The van der Waals surface area contributed by atoms with Gasteiger partial charge in [0.15, 0.2) is 0 Å². The molecule has 0 fully saturated rings. The molecule has 1 heterocycles. The first-order valence-corrected chi connectivity index (χ1v) is 10.9. The number of aliphatic hydroxyl groups is 1. The lowest BCUT2D eigenvalue weighted by Gasteiger charge is -2.02. The summed E-state index contributed by atoms with van der Waals surface area (Å²) in [6, 6.07) is 0.281. The fourth-order valence-electron chi connectivity index (χ4n) is 3.42. The zero-order valence-corrected chi connectivity index (χ0v) is 16.6. The average Bonchev–Trinajstić information content (AvgIpc) is 3.06. The third-order valence-corrected chi connectivity index (χ3v) is 5.02. The van der Waals surface area contributed by atoms with E-state index < -0.39 is 0 Å². The Morgan fingerprint density at radius 3 is 2.04 bits per heavy atom. The molecule has 25 heavy (non-hydrogen) atoms. The first kappa shape index (κ1) is 22.2. The number of hydrogen-bond acceptors (Lipinski definition) is 3. The Bertz CT molecular complexity index is 352. The van der Waals surface area contributed by atoms with E-state index in [1.807, 2.05) is 0 Å². The van der Waals surface area contributed by atoms with Crippen LogP contribution in [-0.4, -0.2) is 30.1 Å². The lowest BCUT2D eigenvalue weighted by molar-refractivity contribution is 0.306. The summed E-state index contributed by atoms with van der Waals surface area (Å²) >= 11 is 0. The Kier molecular flexibility index (Phi) is 14.8. The van der Waals surface area contributed by atoms with Crippen LogP contribution < -0.4 is 5.32 Å². The van der Waals surface area contributed by atoms with Crippen molar-refractivity contribution in [3.63, 3.8) is 0 Å². The number of nitrogens with zero attached hydrogens (tertiary/aromatic N) is 1. The Morgan fingerprint density at radius 1 is 0.920 bits per heavy atom. The first-order valence-electron chi connectivity index (χ1n) is 10.9. The Morgan fingerprint density at radius 2 is 1.48 bits per heavy atom. The minimum atomic E-state index is 0.182. The van der Waals surface area contributed by atoms with Gasteiger partial charge in [-0.25, -0.2) is 0 Å². The third kappa shape index (κ3) is 13.1. The standard InChI is InChI=1S/C22H42N2O/c1-2-3-4-5-6-7-8-9-10-11-12-13-14-15-16-17-21-20-23-22(24-21)18-19-25/h16-17,21,25H,2-15,18-20H2,1H3,(H,23,24). The molecule has 0 aromatic carbocycles. The average molecular weight is 351 g/mol. The number of allylic oxidation sites excluding steroid dienone is 1. The quantitative estimate of drug-likeness (QED) is 0.258. The minimum absolute atomic E-state index is 0.182. The van der Waals surface area contributed by atoms with E-state index in [1.54, 1.807) is 0 Å². The summed E-state index contributed by atoms with van der Waals surface area (Å²) in [6.45, 7) is 3.36. The van der Waals surface area contributed by atoms with Gasteiger partial charge in [0.25, 0.3) is 0 Å². The number of aliphatic imine (C=N–C) groups is 1. The van der Waals surface area contributed by atoms with Crippen molar-refractivity contribution < 1.29 is 5.11 Å². The van der Waals surface area contributed by atoms with Gasteiger partial charge in [0.05, 0.1) is 18.5 Å². The van der Waals surface area contributed by atoms with Crippen molar-refractivity contribution in [2.24, 2.45) is 4.99 Å². The Hall–Kier alpha value is -0.830. The fraction of sp³-hybridized carbons (Fsp3) is 0.864. The summed E-state index contributed by atoms with van der Waals surface area (Å²) in [5.41, 5.74) is 0. The molecular formula is C22H42N2O. The monoisotopic (exact) mass is 350 g/mol. The molecule has 3 heteroatoms. The molecule has 2 N–H and O–H groups in total. The van der Waals surface area contributed by atoms with E-state index in [-0.39, 0.29) is 12.6 Å². The van der Waals surface area contributed by atoms with Crippen LogP contribution in [0.15, 0.2) is 17.1 Å². The highest BCUT2D eigenvalue weighted by Crippen LogP contribution is 2.13. The highest BCUT2D eigenvalue weighted by atomic mass is 16.3. The largest absolute Gasteiger partial charge is 0.396 e. The van der Waals surface area contributed by atoms with Crippen LogP contribution in [0, 0.1) is 0 Å². The second-order valence-electron chi connectivity index (χ2n) is 7.46. The second-order valence-corrected chi connectivity index (χ2v) is 7.46. The molecule has 1 rings (SSSR count). The zero-order chi connectivity index (χ0) is 18.0. The van der Waals surface area contributed by atoms with Gasteiger partial charge in [-0.3, -0.25) is 4.99 Å². The van der Waals surface area contributed by atoms with Gasteiger partial charge in [-0.05, 0) is 12.8 Å². The molecule has 0 aromatic heterocycles. The smallest absolute Gasteiger partial charge is 0.0995 e. The molecule has 146 valence electrons. The summed E-state index contributed by atoms with van der Waals surface area (Å²) < 4.78 is 0. The Labute approximate surface area is 156 Å². The van der Waals surface area contributed by atoms with Gasteiger partial charge in [-0.15, -0.1) is 0 Å². The maximum Gasteiger partial charge on any atom is 0.0995 e. The molecule has 1 atom stereocenters. The van der Waals surface area contributed by atoms with Crippen molar-refractivity contribution in [2.45, 2.75) is 109 Å². The van der Waals surface area contributed by atoms with Gasteiger partial charge in [0.1, 0.15) is 0 Å². The van der Waals surface area contributed by atoms with Crippen molar-refractivity contribution in [3.05, 3.63) is 12.2 Å². The molecule has 0 bridgehead atoms. The number of nitrogens with one attached hydrogen (secondary N) is 1. The van der Waals surface area contributed by atoms with E-state index in [9.17, 15) is 0 Å². The van der Waals surface area contributed by atoms with E-state index in [4.69, 9.17) is 5.11 Å². The number of hydrogen-bond donors (Lipinski definition) is 2. The first-order chi connectivity index (χ1) is 12.4. The number of amidine groups is 1. The van der Waals surface area contributed by atoms with Crippen LogP contribution in [0.5, 0.6) is 0 Å². The molecule has 1 unspecified atom stereocenters. The van der Waals surface area contributed by atoms with Gasteiger partial charge >= 0.3 is 0 Å². The predicted octanol–water partition coefficient (Wildman–Crippen LogP) is 5.78. The number of rotatable bonds is 17. The van der Waals surface area contributed by atoms with Crippen LogP contribution in [0.3, 0.4) is 0 Å². The van der Waals surface area contributed by atoms with Crippen molar-refractivity contribution in [1.29, 1.82) is 0 Å². The van der Waals surface area contributed by atoms with E-state index >= 15 is 0 Å². The van der Waals surface area contributed by atoms with Crippen LogP contribution >= 0.6 is 0 Å².